The van der Waals surface area contributed by atoms with Gasteiger partial charge in [-0.25, -0.2) is 4.79 Å². The lowest BCUT2D eigenvalue weighted by atomic mass is 9.70. The van der Waals surface area contributed by atoms with E-state index in [0.29, 0.717) is 16.8 Å². The average molecular weight is 462 g/mol. The number of fused-ring (bicyclic) bond motifs is 2. The number of amides is 1. The number of ketones is 1. The summed E-state index contributed by atoms with van der Waals surface area (Å²) in [4.78, 5) is 33.0. The highest BCUT2D eigenvalue weighted by molar-refractivity contribution is 6.05. The van der Waals surface area contributed by atoms with Crippen molar-refractivity contribution in [3.8, 4) is 0 Å². The molecular weight excluding hydrogens is 437 g/mol. The molecule has 2 aromatic rings. The number of benzene rings is 2. The first-order chi connectivity index (χ1) is 15.5. The standard InChI is InChI=1S/C22H24N2O2.C2HF3O2/c1-15(25)16-5-8-18(9-6-16)24-21(26)17-7-10-20-19(13-17)22(14-23-20)11-3-2-4-12-22;3-2(4,5)1(6)7/h5-10,13,23H,2-4,11-12,14H2,1H3,(H,24,26);(H,6,7). The van der Waals surface area contributed by atoms with Gasteiger partial charge in [0.05, 0.1) is 0 Å². The average Bonchev–Trinajstić information content (AvgIpc) is 3.11. The molecule has 1 spiro atoms. The van der Waals surface area contributed by atoms with Crippen LogP contribution < -0.4 is 10.6 Å². The van der Waals surface area contributed by atoms with E-state index in [-0.39, 0.29) is 17.1 Å². The van der Waals surface area contributed by atoms with Crippen LogP contribution in [0.25, 0.3) is 0 Å². The van der Waals surface area contributed by atoms with Crippen LogP contribution in [0.5, 0.6) is 0 Å². The first-order valence-corrected chi connectivity index (χ1v) is 10.6. The van der Waals surface area contributed by atoms with Crippen LogP contribution in [-0.4, -0.2) is 35.5 Å². The lowest BCUT2D eigenvalue weighted by Crippen LogP contribution is -2.31. The smallest absolute Gasteiger partial charge is 0.475 e. The molecule has 33 heavy (non-hydrogen) atoms. The van der Waals surface area contributed by atoms with Crippen molar-refractivity contribution in [3.05, 3.63) is 59.2 Å². The topological polar surface area (TPSA) is 95.5 Å². The van der Waals surface area contributed by atoms with Crippen molar-refractivity contribution < 1.29 is 32.7 Å². The quantitative estimate of drug-likeness (QED) is 0.531. The van der Waals surface area contributed by atoms with Crippen LogP contribution in [0, 0.1) is 0 Å². The third kappa shape index (κ3) is 5.71. The molecule has 1 fully saturated rings. The Balaban J connectivity index is 0.000000383. The number of Topliss-reactive ketones (excluding diaryl/α,β-unsaturated/α-hetero) is 1. The van der Waals surface area contributed by atoms with Gasteiger partial charge in [-0.3, -0.25) is 9.59 Å². The number of rotatable bonds is 3. The van der Waals surface area contributed by atoms with E-state index >= 15 is 0 Å². The summed E-state index contributed by atoms with van der Waals surface area (Å²) in [6.07, 6.45) is 1.16. The number of hydrogen-bond acceptors (Lipinski definition) is 4. The lowest BCUT2D eigenvalue weighted by molar-refractivity contribution is -0.192. The van der Waals surface area contributed by atoms with Gasteiger partial charge in [0, 0.05) is 34.5 Å². The highest BCUT2D eigenvalue weighted by Crippen LogP contribution is 2.46. The largest absolute Gasteiger partial charge is 0.490 e. The fourth-order valence-corrected chi connectivity index (χ4v) is 4.30. The number of carbonyl (C=O) groups excluding carboxylic acids is 2. The molecule has 6 nitrogen and oxygen atoms in total. The molecule has 9 heteroatoms. The summed E-state index contributed by atoms with van der Waals surface area (Å²) in [5.41, 5.74) is 4.71. The summed E-state index contributed by atoms with van der Waals surface area (Å²) in [6, 6.07) is 13.0. The number of hydrogen-bond donors (Lipinski definition) is 3. The molecule has 0 unspecified atom stereocenters. The Bertz CT molecular complexity index is 1040. The molecule has 1 heterocycles. The number of alkyl halides is 3. The molecule has 1 saturated carbocycles. The van der Waals surface area contributed by atoms with Gasteiger partial charge < -0.3 is 15.7 Å². The lowest BCUT2D eigenvalue weighted by Gasteiger charge is -2.33. The van der Waals surface area contributed by atoms with E-state index in [2.05, 4.69) is 16.7 Å². The third-order valence-corrected chi connectivity index (χ3v) is 6.07. The van der Waals surface area contributed by atoms with E-state index in [1.807, 2.05) is 12.1 Å². The number of aliphatic carboxylic acids is 1. The molecule has 0 radical (unpaired) electrons. The zero-order valence-electron chi connectivity index (χ0n) is 18.1. The van der Waals surface area contributed by atoms with Gasteiger partial charge in [0.2, 0.25) is 0 Å². The first-order valence-electron chi connectivity index (χ1n) is 10.6. The van der Waals surface area contributed by atoms with E-state index in [9.17, 15) is 22.8 Å². The summed E-state index contributed by atoms with van der Waals surface area (Å²) >= 11 is 0. The van der Waals surface area contributed by atoms with E-state index in [4.69, 9.17) is 9.90 Å². The third-order valence-electron chi connectivity index (χ3n) is 6.07. The number of carboxylic acid groups (broad SMARTS) is 1. The van der Waals surface area contributed by atoms with Crippen LogP contribution in [-0.2, 0) is 10.2 Å². The number of carboxylic acids is 1. The second kappa shape index (κ2) is 9.64. The Kier molecular flexibility index (Phi) is 7.09. The van der Waals surface area contributed by atoms with Crippen molar-refractivity contribution in [2.45, 2.75) is 50.6 Å². The van der Waals surface area contributed by atoms with E-state index in [1.54, 1.807) is 24.3 Å². The molecule has 0 aromatic heterocycles. The highest BCUT2D eigenvalue weighted by Gasteiger charge is 2.40. The first kappa shape index (κ1) is 24.3. The molecular formula is C24H25F3N2O4. The molecule has 176 valence electrons. The van der Waals surface area contributed by atoms with Crippen molar-refractivity contribution in [2.75, 3.05) is 17.2 Å². The van der Waals surface area contributed by atoms with Crippen molar-refractivity contribution in [2.24, 2.45) is 0 Å². The molecule has 1 aliphatic carbocycles. The highest BCUT2D eigenvalue weighted by atomic mass is 19.4. The zero-order valence-corrected chi connectivity index (χ0v) is 18.1. The van der Waals surface area contributed by atoms with E-state index in [0.717, 1.165) is 6.54 Å². The summed E-state index contributed by atoms with van der Waals surface area (Å²) in [6.45, 7) is 2.52. The molecule has 2 aliphatic rings. The van der Waals surface area contributed by atoms with Gasteiger partial charge in [-0.05, 0) is 67.8 Å². The molecule has 0 bridgehead atoms. The normalized spacial score (nSPS) is 16.1. The predicted molar refractivity (Wildman–Crippen MR) is 118 cm³/mol. The van der Waals surface area contributed by atoms with Crippen LogP contribution in [0.4, 0.5) is 24.5 Å². The van der Waals surface area contributed by atoms with Crippen molar-refractivity contribution in [1.29, 1.82) is 0 Å². The molecule has 2 aromatic carbocycles. The van der Waals surface area contributed by atoms with Gasteiger partial charge in [0.15, 0.2) is 5.78 Å². The second-order valence-corrected chi connectivity index (χ2v) is 8.35. The van der Waals surface area contributed by atoms with Crippen LogP contribution in [0.1, 0.15) is 65.3 Å². The summed E-state index contributed by atoms with van der Waals surface area (Å²) in [5, 5.41) is 13.6. The molecule has 1 aliphatic heterocycles. The maximum Gasteiger partial charge on any atom is 0.490 e. The van der Waals surface area contributed by atoms with Crippen molar-refractivity contribution >= 4 is 29.0 Å². The van der Waals surface area contributed by atoms with Gasteiger partial charge in [-0.2, -0.15) is 13.2 Å². The maximum atomic E-state index is 12.7. The summed E-state index contributed by atoms with van der Waals surface area (Å²) in [7, 11) is 0. The van der Waals surface area contributed by atoms with Gasteiger partial charge in [-0.1, -0.05) is 19.3 Å². The van der Waals surface area contributed by atoms with E-state index < -0.39 is 12.1 Å². The minimum absolute atomic E-state index is 0.0202. The van der Waals surface area contributed by atoms with Crippen LogP contribution in [0.2, 0.25) is 0 Å². The van der Waals surface area contributed by atoms with Crippen molar-refractivity contribution in [1.82, 2.24) is 0 Å². The molecule has 4 rings (SSSR count). The SMILES string of the molecule is CC(=O)c1ccc(NC(=O)c2ccc3c(c2)C2(CCCCC2)CN3)cc1.O=C(O)C(F)(F)F. The van der Waals surface area contributed by atoms with Gasteiger partial charge in [0.1, 0.15) is 0 Å². The zero-order chi connectivity index (χ0) is 24.2. The van der Waals surface area contributed by atoms with E-state index in [1.165, 1.54) is 50.3 Å². The Labute approximate surface area is 189 Å². The minimum Gasteiger partial charge on any atom is -0.475 e. The Hall–Kier alpha value is -3.36. The Morgan fingerprint density at radius 3 is 2.09 bits per heavy atom. The fraction of sp³-hybridized carbons (Fsp3) is 0.375. The molecule has 1 amide bonds. The number of halogens is 3. The van der Waals surface area contributed by atoms with Crippen LogP contribution in [0.3, 0.4) is 0 Å². The molecule has 0 saturated heterocycles. The fourth-order valence-electron chi connectivity index (χ4n) is 4.30. The summed E-state index contributed by atoms with van der Waals surface area (Å²) < 4.78 is 31.7. The van der Waals surface area contributed by atoms with Crippen LogP contribution >= 0.6 is 0 Å². The van der Waals surface area contributed by atoms with Gasteiger partial charge in [0.25, 0.3) is 5.91 Å². The van der Waals surface area contributed by atoms with Crippen molar-refractivity contribution in [3.63, 3.8) is 0 Å². The van der Waals surface area contributed by atoms with Gasteiger partial charge in [-0.15, -0.1) is 0 Å². The van der Waals surface area contributed by atoms with Gasteiger partial charge >= 0.3 is 12.1 Å². The Morgan fingerprint density at radius 1 is 0.970 bits per heavy atom. The molecule has 0 atom stereocenters. The second-order valence-electron chi connectivity index (χ2n) is 8.35. The summed E-state index contributed by atoms with van der Waals surface area (Å²) in [5.74, 6) is -2.85. The number of nitrogens with one attached hydrogen (secondary N) is 2. The maximum absolute atomic E-state index is 12.7. The van der Waals surface area contributed by atoms with Crippen LogP contribution in [0.15, 0.2) is 42.5 Å². The number of carbonyl (C=O) groups is 3. The monoisotopic (exact) mass is 462 g/mol. The molecule has 3 N–H and O–H groups in total. The Morgan fingerprint density at radius 2 is 1.55 bits per heavy atom. The minimum atomic E-state index is -5.08. The number of anilines is 2. The predicted octanol–water partition coefficient (Wildman–Crippen LogP) is 5.40.